The second-order valence-corrected chi connectivity index (χ2v) is 6.06. The number of carbonyl (C=O) groups excluding carboxylic acids is 3. The lowest BCUT2D eigenvalue weighted by Crippen LogP contribution is -2.45. The monoisotopic (exact) mass is 332 g/mol. The standard InChI is InChI=1S/C17H24N4O3/c1-11-4-5-15(8-12(11)2)21-10-14(9-16(21)23)20-17(24)19-7-6-18-13(3)22/h4-5,8,14H,6-7,9-10H2,1-3H3,(H,18,22)(H2,19,20,24). The van der Waals surface area contributed by atoms with Crippen LogP contribution < -0.4 is 20.9 Å². The van der Waals surface area contributed by atoms with Crippen molar-refractivity contribution in [2.75, 3.05) is 24.5 Å². The summed E-state index contributed by atoms with van der Waals surface area (Å²) in [7, 11) is 0. The normalized spacial score (nSPS) is 16.9. The number of rotatable bonds is 5. The molecule has 0 saturated carbocycles. The maximum Gasteiger partial charge on any atom is 0.315 e. The van der Waals surface area contributed by atoms with Crippen molar-refractivity contribution in [1.82, 2.24) is 16.0 Å². The predicted molar refractivity (Wildman–Crippen MR) is 91.9 cm³/mol. The van der Waals surface area contributed by atoms with E-state index >= 15 is 0 Å². The first-order valence-electron chi connectivity index (χ1n) is 8.03. The van der Waals surface area contributed by atoms with Crippen LogP contribution in [0, 0.1) is 13.8 Å². The second kappa shape index (κ2) is 7.81. The van der Waals surface area contributed by atoms with Gasteiger partial charge in [-0.05, 0) is 37.1 Å². The lowest BCUT2D eigenvalue weighted by atomic mass is 10.1. The van der Waals surface area contributed by atoms with Crippen LogP contribution in [-0.2, 0) is 9.59 Å². The molecule has 130 valence electrons. The summed E-state index contributed by atoms with van der Waals surface area (Å²) in [4.78, 5) is 36.5. The van der Waals surface area contributed by atoms with E-state index in [1.807, 2.05) is 32.0 Å². The smallest absolute Gasteiger partial charge is 0.315 e. The minimum Gasteiger partial charge on any atom is -0.355 e. The molecule has 1 aromatic carbocycles. The molecule has 1 atom stereocenters. The number of benzene rings is 1. The van der Waals surface area contributed by atoms with Gasteiger partial charge in [0, 0.05) is 38.7 Å². The zero-order chi connectivity index (χ0) is 17.7. The summed E-state index contributed by atoms with van der Waals surface area (Å²) >= 11 is 0. The van der Waals surface area contributed by atoms with Crippen LogP contribution in [-0.4, -0.2) is 43.5 Å². The van der Waals surface area contributed by atoms with Crippen LogP contribution in [0.4, 0.5) is 10.5 Å². The highest BCUT2D eigenvalue weighted by atomic mass is 16.2. The second-order valence-electron chi connectivity index (χ2n) is 6.06. The van der Waals surface area contributed by atoms with Crippen LogP contribution in [0.25, 0.3) is 0 Å². The van der Waals surface area contributed by atoms with Gasteiger partial charge in [-0.15, -0.1) is 0 Å². The van der Waals surface area contributed by atoms with Crippen LogP contribution in [0.15, 0.2) is 18.2 Å². The van der Waals surface area contributed by atoms with Gasteiger partial charge in [0.25, 0.3) is 0 Å². The average molecular weight is 332 g/mol. The molecule has 7 heteroatoms. The number of nitrogens with zero attached hydrogens (tertiary/aromatic N) is 1. The van der Waals surface area contributed by atoms with E-state index in [1.165, 1.54) is 12.5 Å². The maximum atomic E-state index is 12.2. The van der Waals surface area contributed by atoms with Crippen LogP contribution in [0.1, 0.15) is 24.5 Å². The Morgan fingerprint density at radius 3 is 2.54 bits per heavy atom. The summed E-state index contributed by atoms with van der Waals surface area (Å²) in [6, 6.07) is 5.35. The van der Waals surface area contributed by atoms with Gasteiger partial charge < -0.3 is 20.9 Å². The highest BCUT2D eigenvalue weighted by molar-refractivity contribution is 5.96. The fourth-order valence-electron chi connectivity index (χ4n) is 2.60. The van der Waals surface area contributed by atoms with E-state index in [0.717, 1.165) is 11.3 Å². The summed E-state index contributed by atoms with van der Waals surface area (Å²) in [5.41, 5.74) is 3.17. The fourth-order valence-corrected chi connectivity index (χ4v) is 2.60. The van der Waals surface area contributed by atoms with Gasteiger partial charge in [-0.1, -0.05) is 6.07 Å². The highest BCUT2D eigenvalue weighted by Crippen LogP contribution is 2.23. The first-order valence-corrected chi connectivity index (χ1v) is 8.03. The minimum absolute atomic E-state index is 0.00167. The molecule has 1 aliphatic heterocycles. The third kappa shape index (κ3) is 4.71. The van der Waals surface area contributed by atoms with Crippen LogP contribution in [0.2, 0.25) is 0 Å². The molecule has 1 heterocycles. The van der Waals surface area contributed by atoms with E-state index < -0.39 is 0 Å². The number of urea groups is 1. The Labute approximate surface area is 141 Å². The summed E-state index contributed by atoms with van der Waals surface area (Å²) in [6.45, 7) is 6.64. The van der Waals surface area contributed by atoms with E-state index in [1.54, 1.807) is 4.90 Å². The van der Waals surface area contributed by atoms with Crippen molar-refractivity contribution in [3.8, 4) is 0 Å². The molecule has 7 nitrogen and oxygen atoms in total. The Morgan fingerprint density at radius 2 is 1.88 bits per heavy atom. The molecule has 3 N–H and O–H groups in total. The van der Waals surface area contributed by atoms with Gasteiger partial charge in [0.05, 0.1) is 6.04 Å². The van der Waals surface area contributed by atoms with Gasteiger partial charge in [0.15, 0.2) is 0 Å². The Balaban J connectivity index is 1.84. The third-order valence-electron chi connectivity index (χ3n) is 4.05. The maximum absolute atomic E-state index is 12.2. The molecule has 4 amide bonds. The van der Waals surface area contributed by atoms with Gasteiger partial charge in [0.2, 0.25) is 11.8 Å². The SMILES string of the molecule is CC(=O)NCCNC(=O)NC1CC(=O)N(c2ccc(C)c(C)c2)C1. The summed E-state index contributed by atoms with van der Waals surface area (Å²) in [5, 5.41) is 8.05. The van der Waals surface area contributed by atoms with E-state index in [-0.39, 0.29) is 30.3 Å². The Morgan fingerprint density at radius 1 is 1.17 bits per heavy atom. The third-order valence-corrected chi connectivity index (χ3v) is 4.05. The van der Waals surface area contributed by atoms with Gasteiger partial charge in [-0.25, -0.2) is 4.79 Å². The lowest BCUT2D eigenvalue weighted by molar-refractivity contribution is -0.119. The van der Waals surface area contributed by atoms with Crippen LogP contribution >= 0.6 is 0 Å². The van der Waals surface area contributed by atoms with Crippen molar-refractivity contribution in [3.63, 3.8) is 0 Å². The summed E-state index contributed by atoms with van der Waals surface area (Å²) in [5.74, 6) is -0.135. The number of anilines is 1. The first kappa shape index (κ1) is 17.8. The fraction of sp³-hybridized carbons (Fsp3) is 0.471. The van der Waals surface area contributed by atoms with Crippen LogP contribution in [0.5, 0.6) is 0 Å². The van der Waals surface area contributed by atoms with E-state index in [2.05, 4.69) is 16.0 Å². The highest BCUT2D eigenvalue weighted by Gasteiger charge is 2.31. The molecular formula is C17H24N4O3. The van der Waals surface area contributed by atoms with Crippen molar-refractivity contribution < 1.29 is 14.4 Å². The first-order chi connectivity index (χ1) is 11.4. The van der Waals surface area contributed by atoms with Gasteiger partial charge in [-0.3, -0.25) is 9.59 Å². The quantitative estimate of drug-likeness (QED) is 0.698. The molecular weight excluding hydrogens is 308 g/mol. The number of nitrogens with one attached hydrogen (secondary N) is 3. The Bertz CT molecular complexity index is 645. The summed E-state index contributed by atoms with van der Waals surface area (Å²) in [6.07, 6.45) is 0.284. The molecule has 24 heavy (non-hydrogen) atoms. The van der Waals surface area contributed by atoms with Crippen molar-refractivity contribution >= 4 is 23.5 Å². The van der Waals surface area contributed by atoms with Gasteiger partial charge >= 0.3 is 6.03 Å². The molecule has 0 spiro atoms. The number of aryl methyl sites for hydroxylation is 2. The predicted octanol–water partition coefficient (Wildman–Crippen LogP) is 0.844. The Hall–Kier alpha value is -2.57. The largest absolute Gasteiger partial charge is 0.355 e. The molecule has 1 saturated heterocycles. The number of hydrogen-bond donors (Lipinski definition) is 3. The Kier molecular flexibility index (Phi) is 5.78. The molecule has 0 aliphatic carbocycles. The molecule has 0 radical (unpaired) electrons. The number of carbonyl (C=O) groups is 3. The zero-order valence-electron chi connectivity index (χ0n) is 14.3. The van der Waals surface area contributed by atoms with Crippen molar-refractivity contribution in [3.05, 3.63) is 29.3 Å². The van der Waals surface area contributed by atoms with Gasteiger partial charge in [0.1, 0.15) is 0 Å². The molecule has 2 rings (SSSR count). The average Bonchev–Trinajstić information content (AvgIpc) is 2.87. The van der Waals surface area contributed by atoms with Gasteiger partial charge in [-0.2, -0.15) is 0 Å². The number of amides is 4. The topological polar surface area (TPSA) is 90.5 Å². The molecule has 1 aliphatic rings. The molecule has 1 aromatic rings. The summed E-state index contributed by atoms with van der Waals surface area (Å²) < 4.78 is 0. The van der Waals surface area contributed by atoms with E-state index in [9.17, 15) is 14.4 Å². The van der Waals surface area contributed by atoms with Crippen molar-refractivity contribution in [1.29, 1.82) is 0 Å². The van der Waals surface area contributed by atoms with Crippen molar-refractivity contribution in [2.45, 2.75) is 33.2 Å². The molecule has 0 bridgehead atoms. The van der Waals surface area contributed by atoms with Crippen LogP contribution in [0.3, 0.4) is 0 Å². The van der Waals surface area contributed by atoms with Crippen molar-refractivity contribution in [2.24, 2.45) is 0 Å². The van der Waals surface area contributed by atoms with E-state index in [4.69, 9.17) is 0 Å². The molecule has 1 unspecified atom stereocenters. The molecule has 1 fully saturated rings. The number of hydrogen-bond acceptors (Lipinski definition) is 3. The zero-order valence-corrected chi connectivity index (χ0v) is 14.3. The molecule has 0 aromatic heterocycles. The van der Waals surface area contributed by atoms with E-state index in [0.29, 0.717) is 19.6 Å². The minimum atomic E-state index is -0.333. The lowest BCUT2D eigenvalue weighted by Gasteiger charge is -2.18.